The maximum atomic E-state index is 5.75. The summed E-state index contributed by atoms with van der Waals surface area (Å²) in [7, 11) is 0. The van der Waals surface area contributed by atoms with Crippen molar-refractivity contribution in [1.29, 1.82) is 0 Å². The number of hydrogen-bond donors (Lipinski definition) is 0. The van der Waals surface area contributed by atoms with E-state index >= 15 is 0 Å². The number of fused-ring (bicyclic) bond motifs is 1. The number of anilines is 1. The summed E-state index contributed by atoms with van der Waals surface area (Å²) in [5, 5.41) is 0. The molecule has 2 aromatic rings. The molecular weight excluding hydrogens is 288 g/mol. The van der Waals surface area contributed by atoms with Crippen LogP contribution in [0.2, 0.25) is 0 Å². The molecule has 1 aromatic carbocycles. The number of rotatable bonds is 4. The number of nitrogens with zero attached hydrogens (tertiary/aromatic N) is 4. The molecule has 2 aliphatic heterocycles. The highest BCUT2D eigenvalue weighted by Gasteiger charge is 2.31. The van der Waals surface area contributed by atoms with E-state index in [0.29, 0.717) is 12.6 Å². The van der Waals surface area contributed by atoms with Crippen molar-refractivity contribution in [2.45, 2.75) is 25.5 Å². The van der Waals surface area contributed by atoms with Crippen LogP contribution in [0.1, 0.15) is 18.4 Å². The van der Waals surface area contributed by atoms with Crippen molar-refractivity contribution in [1.82, 2.24) is 14.9 Å². The molecule has 1 atom stereocenters. The van der Waals surface area contributed by atoms with E-state index in [0.717, 1.165) is 36.9 Å². The Balaban J connectivity index is 1.36. The van der Waals surface area contributed by atoms with E-state index in [1.165, 1.54) is 19.4 Å². The second kappa shape index (κ2) is 6.54. The fourth-order valence-electron chi connectivity index (χ4n) is 3.46. The molecule has 23 heavy (non-hydrogen) atoms. The maximum Gasteiger partial charge on any atom is 0.225 e. The van der Waals surface area contributed by atoms with Crippen molar-refractivity contribution in [3.8, 4) is 5.75 Å². The van der Waals surface area contributed by atoms with Crippen molar-refractivity contribution < 1.29 is 4.74 Å². The monoisotopic (exact) mass is 310 g/mol. The second-order valence-electron chi connectivity index (χ2n) is 6.27. The van der Waals surface area contributed by atoms with E-state index in [4.69, 9.17) is 4.74 Å². The number of ether oxygens (including phenoxy) is 1. The summed E-state index contributed by atoms with van der Waals surface area (Å²) in [4.78, 5) is 13.9. The highest BCUT2D eigenvalue weighted by Crippen LogP contribution is 2.24. The van der Waals surface area contributed by atoms with Gasteiger partial charge in [0.1, 0.15) is 6.61 Å². The van der Waals surface area contributed by atoms with E-state index in [1.807, 2.05) is 18.2 Å². The maximum absolute atomic E-state index is 5.75. The quantitative estimate of drug-likeness (QED) is 0.867. The van der Waals surface area contributed by atoms with Gasteiger partial charge in [-0.3, -0.25) is 4.90 Å². The molecule has 0 bridgehead atoms. The van der Waals surface area contributed by atoms with Gasteiger partial charge >= 0.3 is 0 Å². The summed E-state index contributed by atoms with van der Waals surface area (Å²) in [5.41, 5.74) is 1.15. The van der Waals surface area contributed by atoms with E-state index in [2.05, 4.69) is 31.9 Å². The van der Waals surface area contributed by atoms with Gasteiger partial charge in [0.25, 0.3) is 0 Å². The Labute approximate surface area is 136 Å². The van der Waals surface area contributed by atoms with Gasteiger partial charge in [-0.2, -0.15) is 0 Å². The van der Waals surface area contributed by atoms with Crippen LogP contribution in [0.4, 0.5) is 5.95 Å². The van der Waals surface area contributed by atoms with Crippen LogP contribution in [0, 0.1) is 0 Å². The van der Waals surface area contributed by atoms with Gasteiger partial charge in [-0.25, -0.2) is 9.97 Å². The SMILES string of the molecule is c1ccc(COc2cnc(N3CCN4CCCC4C3)nc2)cc1. The first-order chi connectivity index (χ1) is 11.4. The van der Waals surface area contributed by atoms with Crippen molar-refractivity contribution in [3.63, 3.8) is 0 Å². The number of hydrogen-bond acceptors (Lipinski definition) is 5. The van der Waals surface area contributed by atoms with Crippen molar-refractivity contribution in [2.75, 3.05) is 31.1 Å². The van der Waals surface area contributed by atoms with Crippen LogP contribution in [-0.4, -0.2) is 47.1 Å². The van der Waals surface area contributed by atoms with Gasteiger partial charge in [0.05, 0.1) is 12.4 Å². The Hall–Kier alpha value is -2.14. The minimum atomic E-state index is 0.546. The molecule has 0 saturated carbocycles. The van der Waals surface area contributed by atoms with Gasteiger partial charge in [-0.15, -0.1) is 0 Å². The molecule has 3 heterocycles. The van der Waals surface area contributed by atoms with Gasteiger partial charge in [-0.05, 0) is 24.9 Å². The zero-order valence-electron chi connectivity index (χ0n) is 13.3. The van der Waals surface area contributed by atoms with Gasteiger partial charge in [0.2, 0.25) is 5.95 Å². The molecule has 0 N–H and O–H groups in total. The standard InChI is InChI=1S/C18H22N4O/c1-2-5-15(6-3-1)14-23-17-11-19-18(20-12-17)22-10-9-21-8-4-7-16(21)13-22/h1-3,5-6,11-12,16H,4,7-10,13-14H2. The van der Waals surface area contributed by atoms with E-state index < -0.39 is 0 Å². The third-order valence-corrected chi connectivity index (χ3v) is 4.73. The molecule has 4 rings (SSSR count). The third kappa shape index (κ3) is 3.29. The van der Waals surface area contributed by atoms with Crippen LogP contribution in [-0.2, 0) is 6.61 Å². The van der Waals surface area contributed by atoms with Crippen molar-refractivity contribution >= 4 is 5.95 Å². The van der Waals surface area contributed by atoms with E-state index in [1.54, 1.807) is 12.4 Å². The Bertz CT molecular complexity index is 631. The molecule has 5 heteroatoms. The highest BCUT2D eigenvalue weighted by molar-refractivity contribution is 5.33. The van der Waals surface area contributed by atoms with Gasteiger partial charge in [0, 0.05) is 25.7 Å². The second-order valence-corrected chi connectivity index (χ2v) is 6.27. The molecule has 0 aliphatic carbocycles. The average molecular weight is 310 g/mol. The summed E-state index contributed by atoms with van der Waals surface area (Å²) in [6.45, 7) is 4.99. The largest absolute Gasteiger partial charge is 0.486 e. The summed E-state index contributed by atoms with van der Waals surface area (Å²) >= 11 is 0. The number of aromatic nitrogens is 2. The lowest BCUT2D eigenvalue weighted by molar-refractivity contribution is 0.229. The number of benzene rings is 1. The molecular formula is C18H22N4O. The molecule has 0 radical (unpaired) electrons. The lowest BCUT2D eigenvalue weighted by Crippen LogP contribution is -2.50. The fraction of sp³-hybridized carbons (Fsp3) is 0.444. The van der Waals surface area contributed by atoms with Crippen molar-refractivity contribution in [3.05, 3.63) is 48.3 Å². The van der Waals surface area contributed by atoms with Gasteiger partial charge < -0.3 is 9.64 Å². The summed E-state index contributed by atoms with van der Waals surface area (Å²) < 4.78 is 5.75. The van der Waals surface area contributed by atoms with Crippen LogP contribution < -0.4 is 9.64 Å². The minimum Gasteiger partial charge on any atom is -0.486 e. The first-order valence-corrected chi connectivity index (χ1v) is 8.36. The first-order valence-electron chi connectivity index (χ1n) is 8.36. The molecule has 0 spiro atoms. The van der Waals surface area contributed by atoms with Crippen LogP contribution in [0.5, 0.6) is 5.75 Å². The lowest BCUT2D eigenvalue weighted by Gasteiger charge is -2.37. The molecule has 1 aromatic heterocycles. The Morgan fingerprint density at radius 1 is 1.04 bits per heavy atom. The zero-order chi connectivity index (χ0) is 15.5. The Morgan fingerprint density at radius 3 is 2.70 bits per heavy atom. The predicted molar refractivity (Wildman–Crippen MR) is 89.6 cm³/mol. The Kier molecular flexibility index (Phi) is 4.11. The average Bonchev–Trinajstić information content (AvgIpc) is 3.09. The van der Waals surface area contributed by atoms with Crippen LogP contribution in [0.15, 0.2) is 42.7 Å². The predicted octanol–water partition coefficient (Wildman–Crippen LogP) is 2.34. The highest BCUT2D eigenvalue weighted by atomic mass is 16.5. The molecule has 1 unspecified atom stereocenters. The molecule has 120 valence electrons. The van der Waals surface area contributed by atoms with Crippen LogP contribution >= 0.6 is 0 Å². The smallest absolute Gasteiger partial charge is 0.225 e. The molecule has 2 saturated heterocycles. The van der Waals surface area contributed by atoms with Gasteiger partial charge in [-0.1, -0.05) is 30.3 Å². The zero-order valence-corrected chi connectivity index (χ0v) is 13.3. The van der Waals surface area contributed by atoms with Crippen molar-refractivity contribution in [2.24, 2.45) is 0 Å². The summed E-state index contributed by atoms with van der Waals surface area (Å²) in [6.07, 6.45) is 6.19. The topological polar surface area (TPSA) is 41.5 Å². The normalized spacial score (nSPS) is 21.2. The van der Waals surface area contributed by atoms with Gasteiger partial charge in [0.15, 0.2) is 5.75 Å². The Morgan fingerprint density at radius 2 is 1.87 bits per heavy atom. The van der Waals surface area contributed by atoms with E-state index in [9.17, 15) is 0 Å². The summed E-state index contributed by atoms with van der Waals surface area (Å²) in [6, 6.07) is 10.8. The third-order valence-electron chi connectivity index (χ3n) is 4.73. The minimum absolute atomic E-state index is 0.546. The number of piperazine rings is 1. The molecule has 2 fully saturated rings. The summed E-state index contributed by atoms with van der Waals surface area (Å²) in [5.74, 6) is 1.54. The van der Waals surface area contributed by atoms with Crippen LogP contribution in [0.25, 0.3) is 0 Å². The molecule has 5 nitrogen and oxygen atoms in total. The molecule has 0 amide bonds. The first kappa shape index (κ1) is 14.5. The lowest BCUT2D eigenvalue weighted by atomic mass is 10.2. The fourth-order valence-corrected chi connectivity index (χ4v) is 3.46. The molecule has 2 aliphatic rings. The van der Waals surface area contributed by atoms with Crippen LogP contribution in [0.3, 0.4) is 0 Å². The van der Waals surface area contributed by atoms with E-state index in [-0.39, 0.29) is 0 Å².